The Morgan fingerprint density at radius 1 is 1.28 bits per heavy atom. The number of benzene rings is 1. The molecule has 1 aromatic carbocycles. The molecule has 0 saturated carbocycles. The van der Waals surface area contributed by atoms with E-state index in [0.717, 1.165) is 6.33 Å². The van der Waals surface area contributed by atoms with Crippen LogP contribution in [-0.4, -0.2) is 39.8 Å². The van der Waals surface area contributed by atoms with Gasteiger partial charge in [-0.1, -0.05) is 6.08 Å². The van der Waals surface area contributed by atoms with Crippen molar-refractivity contribution in [3.63, 3.8) is 0 Å². The number of ketones is 1. The molecule has 0 fully saturated rings. The predicted octanol–water partition coefficient (Wildman–Crippen LogP) is 4.66. The number of hydrogen-bond acceptors (Lipinski definition) is 10. The molecule has 0 aliphatic carbocycles. The summed E-state index contributed by atoms with van der Waals surface area (Å²) in [7, 11) is 0. The van der Waals surface area contributed by atoms with Crippen molar-refractivity contribution in [1.29, 1.82) is 0 Å². The van der Waals surface area contributed by atoms with E-state index >= 15 is 0 Å². The van der Waals surface area contributed by atoms with E-state index in [1.54, 1.807) is 43.3 Å². The van der Waals surface area contributed by atoms with Gasteiger partial charge in [0.05, 0.1) is 30.8 Å². The van der Waals surface area contributed by atoms with Gasteiger partial charge in [-0.05, 0) is 56.2 Å². The Morgan fingerprint density at radius 2 is 2.08 bits per heavy atom. The maximum atomic E-state index is 12.2. The average molecular weight is 495 g/mol. The molecule has 3 aromatic rings. The molecule has 2 aromatic heterocycles. The Morgan fingerprint density at radius 3 is 2.72 bits per heavy atom. The molecule has 0 aliphatic heterocycles. The molecule has 36 heavy (non-hydrogen) atoms. The zero-order valence-corrected chi connectivity index (χ0v) is 20.0. The zero-order valence-electron chi connectivity index (χ0n) is 20.0. The Kier molecular flexibility index (Phi) is 8.87. The van der Waals surface area contributed by atoms with Crippen molar-refractivity contribution >= 4 is 23.3 Å². The minimum Gasteiger partial charge on any atom is -0.467 e. The number of nitrogens with zero attached hydrogens (tertiary/aromatic N) is 4. The third-order valence-corrected chi connectivity index (χ3v) is 5.11. The van der Waals surface area contributed by atoms with E-state index in [0.29, 0.717) is 23.3 Å². The summed E-state index contributed by atoms with van der Waals surface area (Å²) >= 11 is 0. The van der Waals surface area contributed by atoms with E-state index in [1.807, 2.05) is 0 Å². The van der Waals surface area contributed by atoms with Crippen molar-refractivity contribution in [3.8, 4) is 11.6 Å². The summed E-state index contributed by atoms with van der Waals surface area (Å²) < 4.78 is 16.3. The lowest BCUT2D eigenvalue weighted by atomic mass is 10.0. The first kappa shape index (κ1) is 26.1. The number of carbonyl (C=O) groups excluding carboxylic acids is 2. The largest absolute Gasteiger partial charge is 0.467 e. The second kappa shape index (κ2) is 12.2. The van der Waals surface area contributed by atoms with Crippen LogP contribution in [0.1, 0.15) is 41.9 Å². The highest BCUT2D eigenvalue weighted by atomic mass is 16.6. The Hall–Kier alpha value is -4.54. The number of anilines is 1. The molecule has 11 heteroatoms. The molecule has 0 N–H and O–H groups in total. The number of hydrogen-bond donors (Lipinski definition) is 0. The highest BCUT2D eigenvalue weighted by molar-refractivity contribution is 5.94. The molecule has 0 unspecified atom stereocenters. The van der Waals surface area contributed by atoms with Gasteiger partial charge in [0.15, 0.2) is 5.78 Å². The van der Waals surface area contributed by atoms with Gasteiger partial charge < -0.3 is 18.8 Å². The minimum atomic E-state index is -0.638. The van der Waals surface area contributed by atoms with Gasteiger partial charge in [0.25, 0.3) is 0 Å². The van der Waals surface area contributed by atoms with Crippen LogP contribution >= 0.6 is 0 Å². The summed E-state index contributed by atoms with van der Waals surface area (Å²) in [6, 6.07) is 8.17. The normalized spacial score (nSPS) is 10.5. The summed E-state index contributed by atoms with van der Waals surface area (Å²) in [5.74, 6) is -0.103. The van der Waals surface area contributed by atoms with Crippen LogP contribution in [0.4, 0.5) is 11.5 Å². The lowest BCUT2D eigenvalue weighted by Crippen LogP contribution is -2.28. The topological polar surface area (TPSA) is 138 Å². The van der Waals surface area contributed by atoms with Gasteiger partial charge in [-0.15, -0.1) is 6.58 Å². The van der Waals surface area contributed by atoms with Gasteiger partial charge in [-0.3, -0.25) is 19.7 Å². The fourth-order valence-electron chi connectivity index (χ4n) is 3.45. The Balaban J connectivity index is 2.02. The number of aromatic nitrogens is 2. The van der Waals surface area contributed by atoms with Crippen molar-refractivity contribution in [2.45, 2.75) is 33.2 Å². The Bertz CT molecular complexity index is 1240. The van der Waals surface area contributed by atoms with Crippen molar-refractivity contribution in [3.05, 3.63) is 82.6 Å². The molecule has 188 valence electrons. The predicted molar refractivity (Wildman–Crippen MR) is 130 cm³/mol. The molecular weight excluding hydrogens is 468 g/mol. The van der Waals surface area contributed by atoms with E-state index in [1.165, 1.54) is 18.1 Å². The monoisotopic (exact) mass is 494 g/mol. The van der Waals surface area contributed by atoms with Gasteiger partial charge in [0.2, 0.25) is 5.82 Å². The van der Waals surface area contributed by atoms with E-state index < -0.39 is 16.6 Å². The number of carbonyl (C=O) groups is 2. The number of rotatable bonds is 13. The van der Waals surface area contributed by atoms with Crippen LogP contribution in [0.15, 0.2) is 60.0 Å². The lowest BCUT2D eigenvalue weighted by Gasteiger charge is -2.22. The minimum absolute atomic E-state index is 0.0259. The van der Waals surface area contributed by atoms with Crippen LogP contribution in [0, 0.1) is 10.1 Å². The summed E-state index contributed by atoms with van der Waals surface area (Å²) in [5.41, 5.74) is 0.607. The van der Waals surface area contributed by atoms with Crippen LogP contribution in [0.5, 0.6) is 11.6 Å². The number of furan rings is 1. The number of nitro groups is 1. The molecule has 3 rings (SSSR count). The van der Waals surface area contributed by atoms with Crippen molar-refractivity contribution in [2.75, 3.05) is 18.1 Å². The SMILES string of the molecule is C=CCc1cc(C(C)=O)ccc1Oc1ncnc(N(CCC(=O)OCC)Cc2ccco2)c1[N+](=O)[O-]. The zero-order chi connectivity index (χ0) is 26.1. The lowest BCUT2D eigenvalue weighted by molar-refractivity contribution is -0.385. The van der Waals surface area contributed by atoms with Gasteiger partial charge in [-0.25, -0.2) is 4.98 Å². The van der Waals surface area contributed by atoms with Crippen LogP contribution in [0.2, 0.25) is 0 Å². The third-order valence-electron chi connectivity index (χ3n) is 5.11. The van der Waals surface area contributed by atoms with E-state index in [2.05, 4.69) is 16.5 Å². The standard InChI is InChI=1S/C25H26N4O7/c1-4-7-19-14-18(17(3)30)9-10-21(19)36-25-23(29(32)33)24(26-16-27-25)28(12-11-22(31)34-5-2)15-20-8-6-13-35-20/h4,6,8-10,13-14,16H,1,5,7,11-12,15H2,2-3H3. The maximum Gasteiger partial charge on any atom is 0.373 e. The molecule has 0 radical (unpaired) electrons. The van der Waals surface area contributed by atoms with E-state index in [4.69, 9.17) is 13.9 Å². The molecule has 0 aliphatic rings. The summed E-state index contributed by atoms with van der Waals surface area (Å²) in [5, 5.41) is 12.2. The molecule has 0 spiro atoms. The molecule has 0 bridgehead atoms. The van der Waals surface area contributed by atoms with E-state index in [-0.39, 0.29) is 49.3 Å². The fraction of sp³-hybridized carbons (Fsp3) is 0.280. The molecule has 0 saturated heterocycles. The first-order chi connectivity index (χ1) is 17.3. The number of Topliss-reactive ketones (excluding diaryl/α,β-unsaturated/α-hetero) is 1. The summed E-state index contributed by atoms with van der Waals surface area (Å²) in [6.07, 6.45) is 4.60. The number of allylic oxidation sites excluding steroid dienone is 1. The quantitative estimate of drug-likeness (QED) is 0.108. The fourth-order valence-corrected chi connectivity index (χ4v) is 3.45. The van der Waals surface area contributed by atoms with Gasteiger partial charge in [0.1, 0.15) is 17.8 Å². The maximum absolute atomic E-state index is 12.2. The third kappa shape index (κ3) is 6.53. The van der Waals surface area contributed by atoms with Crippen molar-refractivity contribution in [1.82, 2.24) is 9.97 Å². The first-order valence-electron chi connectivity index (χ1n) is 11.2. The Labute approximate surface area is 207 Å². The second-order valence-electron chi connectivity index (χ2n) is 7.64. The van der Waals surface area contributed by atoms with Gasteiger partial charge >= 0.3 is 17.5 Å². The number of esters is 1. The first-order valence-corrected chi connectivity index (χ1v) is 11.2. The highest BCUT2D eigenvalue weighted by Crippen LogP contribution is 2.38. The van der Waals surface area contributed by atoms with Crippen LogP contribution < -0.4 is 9.64 Å². The number of ether oxygens (including phenoxy) is 2. The van der Waals surface area contributed by atoms with Crippen LogP contribution in [0.3, 0.4) is 0 Å². The van der Waals surface area contributed by atoms with Crippen molar-refractivity contribution in [2.24, 2.45) is 0 Å². The molecule has 0 atom stereocenters. The van der Waals surface area contributed by atoms with E-state index in [9.17, 15) is 19.7 Å². The summed E-state index contributed by atoms with van der Waals surface area (Å²) in [6.45, 7) is 7.26. The average Bonchev–Trinajstić information content (AvgIpc) is 3.36. The van der Waals surface area contributed by atoms with Gasteiger partial charge in [0, 0.05) is 12.1 Å². The van der Waals surface area contributed by atoms with Gasteiger partial charge in [-0.2, -0.15) is 4.98 Å². The van der Waals surface area contributed by atoms with Crippen LogP contribution in [-0.2, 0) is 22.5 Å². The smallest absolute Gasteiger partial charge is 0.373 e. The van der Waals surface area contributed by atoms with Crippen LogP contribution in [0.25, 0.3) is 0 Å². The summed E-state index contributed by atoms with van der Waals surface area (Å²) in [4.78, 5) is 45.0. The highest BCUT2D eigenvalue weighted by Gasteiger charge is 2.30. The van der Waals surface area contributed by atoms with Crippen molar-refractivity contribution < 1.29 is 28.4 Å². The molecule has 11 nitrogen and oxygen atoms in total. The second-order valence-corrected chi connectivity index (χ2v) is 7.64. The molecule has 2 heterocycles. The molecule has 0 amide bonds. The molecular formula is C25H26N4O7.